The van der Waals surface area contributed by atoms with Gasteiger partial charge in [-0.25, -0.2) is 23.2 Å². The number of amides is 3. The molecule has 2 aliphatic rings. The smallest absolute Gasteiger partial charge is 0.253 e. The number of fused-ring (bicyclic) bond motifs is 2. The summed E-state index contributed by atoms with van der Waals surface area (Å²) in [5, 5.41) is 13.3. The first-order valence-electron chi connectivity index (χ1n) is 15.4. The van der Waals surface area contributed by atoms with E-state index in [2.05, 4.69) is 10.4 Å². The molecule has 45 heavy (non-hydrogen) atoms. The Balaban J connectivity index is 1.52. The number of rotatable bonds is 4. The van der Waals surface area contributed by atoms with Crippen molar-refractivity contribution in [2.24, 2.45) is 5.14 Å². The lowest BCUT2D eigenvalue weighted by Gasteiger charge is -2.36. The van der Waals surface area contributed by atoms with E-state index in [-0.39, 0.29) is 54.2 Å². The summed E-state index contributed by atoms with van der Waals surface area (Å²) in [4.78, 5) is 49.1. The van der Waals surface area contributed by atoms with Gasteiger partial charge in [0.05, 0.1) is 17.5 Å². The molecular formula is C32H41N7O5S. The fourth-order valence-corrected chi connectivity index (χ4v) is 7.12. The van der Waals surface area contributed by atoms with Crippen molar-refractivity contribution in [3.05, 3.63) is 76.4 Å². The standard InChI is InChI=1S/C32H41N7O5S/c1-21-18-25(20-28(22(21)2)45(33,43)44)32(42)37-14-9-13-29(40)38-15-8-7-12-27(38)31(41)35-26(19-24-10-5-4-6-11-24)30-34-23(3)36-39(30)17-16-37/h4-6,10-11,18,20,26-27H,7-9,12-17,19H2,1-3H3,(H,35,41)(H2,33,43,44)/t26-,27+/m1/s1. The van der Waals surface area contributed by atoms with Crippen molar-refractivity contribution >= 4 is 27.7 Å². The molecule has 1 fully saturated rings. The van der Waals surface area contributed by atoms with Crippen molar-refractivity contribution in [2.45, 2.75) is 82.8 Å². The van der Waals surface area contributed by atoms with Gasteiger partial charge >= 0.3 is 0 Å². The third-order valence-corrected chi connectivity index (χ3v) is 9.74. The van der Waals surface area contributed by atoms with Gasteiger partial charge in [-0.2, -0.15) is 5.10 Å². The van der Waals surface area contributed by atoms with Crippen molar-refractivity contribution in [3.63, 3.8) is 0 Å². The van der Waals surface area contributed by atoms with Crippen LogP contribution in [0.1, 0.15) is 76.8 Å². The van der Waals surface area contributed by atoms with E-state index in [9.17, 15) is 22.8 Å². The van der Waals surface area contributed by atoms with Crippen LogP contribution in [0.2, 0.25) is 0 Å². The molecule has 2 aliphatic heterocycles. The molecule has 0 unspecified atom stereocenters. The number of piperidine rings is 1. The van der Waals surface area contributed by atoms with Gasteiger partial charge in [0.1, 0.15) is 17.7 Å². The Hall–Kier alpha value is -4.10. The van der Waals surface area contributed by atoms with Gasteiger partial charge < -0.3 is 15.1 Å². The highest BCUT2D eigenvalue weighted by atomic mass is 32.2. The quantitative estimate of drug-likeness (QED) is 0.446. The highest BCUT2D eigenvalue weighted by Crippen LogP contribution is 2.25. The maximum absolute atomic E-state index is 14.0. The largest absolute Gasteiger partial charge is 0.344 e. The summed E-state index contributed by atoms with van der Waals surface area (Å²) in [6.45, 7) is 6.43. The molecule has 1 saturated heterocycles. The molecule has 1 aromatic heterocycles. The first-order chi connectivity index (χ1) is 21.4. The summed E-state index contributed by atoms with van der Waals surface area (Å²) in [6, 6.07) is 11.7. The number of nitrogens with one attached hydrogen (secondary N) is 1. The summed E-state index contributed by atoms with van der Waals surface area (Å²) in [6.07, 6.45) is 3.25. The Morgan fingerprint density at radius 2 is 1.76 bits per heavy atom. The number of primary sulfonamides is 1. The van der Waals surface area contributed by atoms with Crippen LogP contribution >= 0.6 is 0 Å². The SMILES string of the molecule is Cc1nc2n(n1)CCN(C(=O)c1cc(C)c(C)c(S(N)(=O)=O)c1)CCCC(=O)N1CCCC[C@H]1C(=O)N[C@@H]2Cc1ccccc1. The number of hydrogen-bond acceptors (Lipinski definition) is 7. The summed E-state index contributed by atoms with van der Waals surface area (Å²) >= 11 is 0. The number of aromatic nitrogens is 3. The molecule has 3 aromatic rings. The average Bonchev–Trinajstić information content (AvgIpc) is 3.38. The molecule has 240 valence electrons. The van der Waals surface area contributed by atoms with E-state index in [1.165, 1.54) is 6.07 Å². The van der Waals surface area contributed by atoms with Crippen LogP contribution in [0.4, 0.5) is 0 Å². The fraction of sp³-hybridized carbons (Fsp3) is 0.469. The molecule has 13 heteroatoms. The second-order valence-corrected chi connectivity index (χ2v) is 13.5. The Morgan fingerprint density at radius 3 is 2.49 bits per heavy atom. The molecule has 0 spiro atoms. The van der Waals surface area contributed by atoms with Gasteiger partial charge in [-0.15, -0.1) is 0 Å². The van der Waals surface area contributed by atoms with E-state index < -0.39 is 22.1 Å². The maximum atomic E-state index is 14.0. The first-order valence-corrected chi connectivity index (χ1v) is 17.0. The number of sulfonamides is 1. The number of benzene rings is 2. The van der Waals surface area contributed by atoms with Crippen LogP contribution in [-0.4, -0.2) is 76.4 Å². The van der Waals surface area contributed by atoms with Crippen LogP contribution in [0.5, 0.6) is 0 Å². The zero-order valence-corrected chi connectivity index (χ0v) is 26.8. The van der Waals surface area contributed by atoms with Gasteiger partial charge in [0, 0.05) is 31.6 Å². The maximum Gasteiger partial charge on any atom is 0.253 e. The number of carbonyl (C=O) groups is 3. The van der Waals surface area contributed by atoms with Crippen LogP contribution in [0.25, 0.3) is 0 Å². The van der Waals surface area contributed by atoms with Crippen molar-refractivity contribution < 1.29 is 22.8 Å². The Labute approximate surface area is 264 Å². The number of hydrogen-bond donors (Lipinski definition) is 2. The lowest BCUT2D eigenvalue weighted by Crippen LogP contribution is -2.53. The van der Waals surface area contributed by atoms with Gasteiger partial charge in [0.2, 0.25) is 21.8 Å². The monoisotopic (exact) mass is 635 g/mol. The van der Waals surface area contributed by atoms with Crippen molar-refractivity contribution in [1.29, 1.82) is 0 Å². The van der Waals surface area contributed by atoms with Gasteiger partial charge in [-0.3, -0.25) is 14.4 Å². The summed E-state index contributed by atoms with van der Waals surface area (Å²) in [5.74, 6) is 0.392. The zero-order valence-electron chi connectivity index (χ0n) is 26.0. The molecule has 0 radical (unpaired) electrons. The molecule has 0 saturated carbocycles. The highest BCUT2D eigenvalue weighted by molar-refractivity contribution is 7.89. The van der Waals surface area contributed by atoms with Gasteiger partial charge in [0.25, 0.3) is 5.91 Å². The topological polar surface area (TPSA) is 161 Å². The molecule has 12 nitrogen and oxygen atoms in total. The second-order valence-electron chi connectivity index (χ2n) is 11.9. The first kappa shape index (κ1) is 32.3. The van der Waals surface area contributed by atoms with E-state index in [0.717, 1.165) is 18.4 Å². The third-order valence-electron chi connectivity index (χ3n) is 8.70. The molecule has 3 N–H and O–H groups in total. The van der Waals surface area contributed by atoms with Crippen molar-refractivity contribution in [3.8, 4) is 0 Å². The van der Waals surface area contributed by atoms with Crippen LogP contribution in [0, 0.1) is 20.8 Å². The Bertz CT molecular complexity index is 1690. The van der Waals surface area contributed by atoms with Gasteiger partial charge in [-0.1, -0.05) is 30.3 Å². The number of nitrogens with two attached hydrogens (primary N) is 1. The van der Waals surface area contributed by atoms with Crippen molar-refractivity contribution in [2.75, 3.05) is 19.6 Å². The predicted molar refractivity (Wildman–Crippen MR) is 168 cm³/mol. The third kappa shape index (κ3) is 7.42. The molecule has 2 aromatic carbocycles. The lowest BCUT2D eigenvalue weighted by molar-refractivity contribution is -0.142. The molecular weight excluding hydrogens is 594 g/mol. The molecule has 0 aliphatic carbocycles. The summed E-state index contributed by atoms with van der Waals surface area (Å²) in [5.41, 5.74) is 2.33. The van der Waals surface area contributed by atoms with Crippen LogP contribution in [0.15, 0.2) is 47.4 Å². The Kier molecular flexibility index (Phi) is 9.68. The molecule has 2 atom stereocenters. The molecule has 0 bridgehead atoms. The predicted octanol–water partition coefficient (Wildman–Crippen LogP) is 2.57. The molecule has 5 rings (SSSR count). The van der Waals surface area contributed by atoms with E-state index in [1.807, 2.05) is 30.3 Å². The minimum absolute atomic E-state index is 0.0899. The van der Waals surface area contributed by atoms with E-state index in [1.54, 1.807) is 41.3 Å². The fourth-order valence-electron chi connectivity index (χ4n) is 6.25. The van der Waals surface area contributed by atoms with Gasteiger partial charge in [0.15, 0.2) is 0 Å². The average molecular weight is 636 g/mol. The zero-order chi connectivity index (χ0) is 32.3. The van der Waals surface area contributed by atoms with Crippen LogP contribution in [0.3, 0.4) is 0 Å². The minimum Gasteiger partial charge on any atom is -0.344 e. The summed E-state index contributed by atoms with van der Waals surface area (Å²) in [7, 11) is -4.05. The number of carbonyl (C=O) groups excluding carboxylic acids is 3. The van der Waals surface area contributed by atoms with Crippen molar-refractivity contribution in [1.82, 2.24) is 29.9 Å². The van der Waals surface area contributed by atoms with E-state index >= 15 is 0 Å². The highest BCUT2D eigenvalue weighted by Gasteiger charge is 2.34. The summed E-state index contributed by atoms with van der Waals surface area (Å²) < 4.78 is 26.4. The normalized spacial score (nSPS) is 20.2. The van der Waals surface area contributed by atoms with Crippen LogP contribution < -0.4 is 10.5 Å². The second kappa shape index (κ2) is 13.5. The van der Waals surface area contributed by atoms with Gasteiger partial charge in [-0.05, 0) is 81.7 Å². The number of nitrogens with zero attached hydrogens (tertiary/aromatic N) is 5. The van der Waals surface area contributed by atoms with Crippen LogP contribution in [-0.2, 0) is 32.6 Å². The van der Waals surface area contributed by atoms with E-state index in [0.29, 0.717) is 48.6 Å². The Morgan fingerprint density at radius 1 is 1.00 bits per heavy atom. The van der Waals surface area contributed by atoms with E-state index in [4.69, 9.17) is 10.1 Å². The molecule has 3 heterocycles. The lowest BCUT2D eigenvalue weighted by atomic mass is 9.99. The molecule has 3 amide bonds. The minimum atomic E-state index is -4.05. The number of aryl methyl sites for hydroxylation is 2.